The Morgan fingerprint density at radius 3 is 1.97 bits per heavy atom. The quantitative estimate of drug-likeness (QED) is 0.199. The van der Waals surface area contributed by atoms with Crippen LogP contribution in [0.1, 0.15) is 91.5 Å². The second-order valence-electron chi connectivity index (χ2n) is 8.22. The Kier molecular flexibility index (Phi) is 16.3. The number of unbranched alkanes of at least 4 members (excludes halogenated alkanes) is 4. The van der Waals surface area contributed by atoms with E-state index in [9.17, 15) is 5.11 Å². The van der Waals surface area contributed by atoms with Crippen LogP contribution in [0.5, 0.6) is 6.01 Å². The van der Waals surface area contributed by atoms with E-state index < -0.39 is 18.2 Å². The van der Waals surface area contributed by atoms with Gasteiger partial charge in [0.2, 0.25) is 5.79 Å². The van der Waals surface area contributed by atoms with Crippen LogP contribution in [0.15, 0.2) is 12.4 Å². The van der Waals surface area contributed by atoms with Crippen molar-refractivity contribution in [1.29, 1.82) is 0 Å². The Balaban J connectivity index is 3.02. The lowest BCUT2D eigenvalue weighted by Crippen LogP contribution is -2.46. The summed E-state index contributed by atoms with van der Waals surface area (Å²) in [5.74, 6) is -1.80. The molecule has 0 aromatic carbocycles. The Hall–Kier alpha value is -1.32. The molecule has 0 aliphatic heterocycles. The number of nitrogens with zero attached hydrogens (tertiary/aromatic N) is 2. The van der Waals surface area contributed by atoms with Gasteiger partial charge in [0.25, 0.3) is 0 Å². The van der Waals surface area contributed by atoms with Crippen LogP contribution in [0.25, 0.3) is 0 Å². The molecule has 0 spiro atoms. The number of hydrogen-bond donors (Lipinski definition) is 1. The van der Waals surface area contributed by atoms with Crippen LogP contribution in [0.2, 0.25) is 0 Å². The Labute approximate surface area is 200 Å². The third-order valence-corrected chi connectivity index (χ3v) is 5.20. The van der Waals surface area contributed by atoms with Crippen molar-refractivity contribution in [3.05, 3.63) is 18.0 Å². The van der Waals surface area contributed by atoms with Crippen molar-refractivity contribution in [2.45, 2.75) is 104 Å². The van der Waals surface area contributed by atoms with Crippen molar-refractivity contribution < 1.29 is 28.8 Å². The van der Waals surface area contributed by atoms with Crippen LogP contribution >= 0.6 is 0 Å². The molecule has 1 N–H and O–H groups in total. The topological polar surface area (TPSA) is 92.2 Å². The van der Waals surface area contributed by atoms with Gasteiger partial charge in [0, 0.05) is 32.2 Å². The molecule has 8 nitrogen and oxygen atoms in total. The summed E-state index contributed by atoms with van der Waals surface area (Å²) < 4.78 is 29.3. The highest BCUT2D eigenvalue weighted by Gasteiger charge is 2.41. The molecule has 192 valence electrons. The first kappa shape index (κ1) is 29.7. The number of ether oxygens (including phenoxy) is 5. The summed E-state index contributed by atoms with van der Waals surface area (Å²) in [4.78, 5) is 8.53. The summed E-state index contributed by atoms with van der Waals surface area (Å²) in [6.07, 6.45) is 9.33. The van der Waals surface area contributed by atoms with Crippen LogP contribution in [0.3, 0.4) is 0 Å². The van der Waals surface area contributed by atoms with Gasteiger partial charge in [0.1, 0.15) is 6.10 Å². The first-order valence-corrected chi connectivity index (χ1v) is 12.7. The molecular weight excluding hydrogens is 424 g/mol. The van der Waals surface area contributed by atoms with Crippen LogP contribution in [0.4, 0.5) is 0 Å². The Morgan fingerprint density at radius 2 is 1.36 bits per heavy atom. The van der Waals surface area contributed by atoms with E-state index in [2.05, 4.69) is 37.7 Å². The molecular formula is C25H46N2O6. The second-order valence-corrected chi connectivity index (χ2v) is 8.22. The molecule has 0 fully saturated rings. The number of aromatic nitrogens is 2. The zero-order valence-electron chi connectivity index (χ0n) is 21.4. The predicted molar refractivity (Wildman–Crippen MR) is 128 cm³/mol. The van der Waals surface area contributed by atoms with Crippen molar-refractivity contribution in [3.63, 3.8) is 0 Å². The van der Waals surface area contributed by atoms with Gasteiger partial charge in [0.15, 0.2) is 6.29 Å². The fourth-order valence-corrected chi connectivity index (χ4v) is 2.90. The SMILES string of the molecule is CCCCOCC(OCCCC)OC(O)(c1cnc(OCCCC)nc1)[C@H](C)OCCCC. The van der Waals surface area contributed by atoms with Crippen LogP contribution in [-0.2, 0) is 24.7 Å². The molecule has 3 atom stereocenters. The van der Waals surface area contributed by atoms with Gasteiger partial charge in [-0.25, -0.2) is 9.97 Å². The van der Waals surface area contributed by atoms with Gasteiger partial charge in [-0.3, -0.25) is 0 Å². The maximum absolute atomic E-state index is 11.7. The Bertz CT molecular complexity index is 589. The van der Waals surface area contributed by atoms with Crippen molar-refractivity contribution in [1.82, 2.24) is 9.97 Å². The molecule has 1 aromatic heterocycles. The van der Waals surface area contributed by atoms with Crippen molar-refractivity contribution in [2.24, 2.45) is 0 Å². The maximum Gasteiger partial charge on any atom is 0.316 e. The van der Waals surface area contributed by atoms with Gasteiger partial charge in [-0.05, 0) is 32.6 Å². The predicted octanol–water partition coefficient (Wildman–Crippen LogP) is 4.98. The van der Waals surface area contributed by atoms with E-state index >= 15 is 0 Å². The van der Waals surface area contributed by atoms with Gasteiger partial charge in [-0.2, -0.15) is 0 Å². The highest BCUT2D eigenvalue weighted by molar-refractivity contribution is 5.15. The molecule has 1 rings (SSSR count). The summed E-state index contributed by atoms with van der Waals surface area (Å²) in [6, 6.07) is 0.271. The van der Waals surface area contributed by atoms with Gasteiger partial charge in [0.05, 0.1) is 18.8 Å². The number of rotatable bonds is 21. The van der Waals surface area contributed by atoms with E-state index in [0.29, 0.717) is 32.0 Å². The molecule has 0 radical (unpaired) electrons. The molecule has 8 heteroatoms. The minimum Gasteiger partial charge on any atom is -0.463 e. The molecule has 0 aliphatic rings. The maximum atomic E-state index is 11.7. The van der Waals surface area contributed by atoms with Crippen LogP contribution in [-0.4, -0.2) is 60.5 Å². The molecule has 0 saturated carbocycles. The molecule has 0 bridgehead atoms. The highest BCUT2D eigenvalue weighted by Crippen LogP contribution is 2.31. The molecule has 0 saturated heterocycles. The lowest BCUT2D eigenvalue weighted by atomic mass is 10.0. The number of hydrogen-bond acceptors (Lipinski definition) is 8. The monoisotopic (exact) mass is 470 g/mol. The van der Waals surface area contributed by atoms with Crippen LogP contribution < -0.4 is 4.74 Å². The zero-order chi connectivity index (χ0) is 24.4. The average molecular weight is 471 g/mol. The van der Waals surface area contributed by atoms with E-state index in [4.69, 9.17) is 23.7 Å². The lowest BCUT2D eigenvalue weighted by molar-refractivity contribution is -0.342. The van der Waals surface area contributed by atoms with Gasteiger partial charge in [-0.15, -0.1) is 0 Å². The standard InChI is InChI=1S/C25H46N2O6/c1-6-10-14-29-20-23(31-16-12-8-3)33-25(28,21(5)30-15-11-7-2)22-18-26-24(27-19-22)32-17-13-9-4/h18-19,21,23,28H,6-17,20H2,1-5H3/t21-,23?,25?/m0/s1. The molecule has 1 heterocycles. The summed E-state index contributed by atoms with van der Waals surface area (Å²) in [5.41, 5.74) is 0.381. The molecule has 1 aromatic rings. The average Bonchev–Trinajstić information content (AvgIpc) is 2.82. The zero-order valence-corrected chi connectivity index (χ0v) is 21.4. The summed E-state index contributed by atoms with van der Waals surface area (Å²) in [7, 11) is 0. The van der Waals surface area contributed by atoms with E-state index in [0.717, 1.165) is 51.4 Å². The number of aliphatic hydroxyl groups is 1. The second kappa shape index (κ2) is 18.1. The van der Waals surface area contributed by atoms with E-state index in [1.165, 1.54) is 12.4 Å². The molecule has 33 heavy (non-hydrogen) atoms. The first-order valence-electron chi connectivity index (χ1n) is 12.7. The summed E-state index contributed by atoms with van der Waals surface area (Å²) >= 11 is 0. The fourth-order valence-electron chi connectivity index (χ4n) is 2.90. The smallest absolute Gasteiger partial charge is 0.316 e. The van der Waals surface area contributed by atoms with E-state index in [1.807, 2.05) is 0 Å². The lowest BCUT2D eigenvalue weighted by Gasteiger charge is -2.36. The minimum absolute atomic E-state index is 0.215. The van der Waals surface area contributed by atoms with Gasteiger partial charge < -0.3 is 28.8 Å². The first-order chi connectivity index (χ1) is 16.0. The summed E-state index contributed by atoms with van der Waals surface area (Å²) in [6.45, 7) is 12.6. The molecule has 0 amide bonds. The fraction of sp³-hybridized carbons (Fsp3) is 0.840. The molecule has 0 aliphatic carbocycles. The largest absolute Gasteiger partial charge is 0.463 e. The third kappa shape index (κ3) is 11.6. The normalized spacial score (nSPS) is 15.2. The van der Waals surface area contributed by atoms with E-state index in [1.54, 1.807) is 6.92 Å². The summed E-state index contributed by atoms with van der Waals surface area (Å²) in [5, 5.41) is 11.7. The Morgan fingerprint density at radius 1 is 0.818 bits per heavy atom. The third-order valence-electron chi connectivity index (χ3n) is 5.20. The van der Waals surface area contributed by atoms with Gasteiger partial charge >= 0.3 is 6.01 Å². The van der Waals surface area contributed by atoms with Crippen molar-refractivity contribution in [2.75, 3.05) is 33.0 Å². The van der Waals surface area contributed by atoms with Crippen LogP contribution in [0, 0.1) is 0 Å². The van der Waals surface area contributed by atoms with Crippen molar-refractivity contribution in [3.8, 4) is 6.01 Å². The minimum atomic E-state index is -1.80. The van der Waals surface area contributed by atoms with E-state index in [-0.39, 0.29) is 12.6 Å². The van der Waals surface area contributed by atoms with Gasteiger partial charge in [-0.1, -0.05) is 53.4 Å². The highest BCUT2D eigenvalue weighted by atomic mass is 16.8. The molecule has 2 unspecified atom stereocenters. The van der Waals surface area contributed by atoms with Crippen molar-refractivity contribution >= 4 is 0 Å².